The molecule has 0 bridgehead atoms. The van der Waals surface area contributed by atoms with Gasteiger partial charge < -0.3 is 9.84 Å². The van der Waals surface area contributed by atoms with Crippen molar-refractivity contribution in [2.45, 2.75) is 24.6 Å². The van der Waals surface area contributed by atoms with Gasteiger partial charge in [0, 0.05) is 0 Å². The third kappa shape index (κ3) is 1.95. The Balaban J connectivity index is 3.40. The number of hydrogen-bond donors (Lipinski definition) is 1. The number of carbonyl (C=O) groups is 1. The van der Waals surface area contributed by atoms with E-state index in [0.29, 0.717) is 0 Å². The molecule has 4 nitrogen and oxygen atoms in total. The Labute approximate surface area is 105 Å². The van der Waals surface area contributed by atoms with E-state index in [1.165, 1.54) is 25.1 Å². The molecule has 2 atom stereocenters. The van der Waals surface area contributed by atoms with Crippen LogP contribution in [0.5, 0.6) is 0 Å². The smallest absolute Gasteiger partial charge is 0.356 e. The molecule has 0 spiro atoms. The molecule has 0 saturated heterocycles. The highest BCUT2D eigenvalue weighted by molar-refractivity contribution is 5.85. The number of nitriles is 1. The average molecular weight is 251 g/mol. The van der Waals surface area contributed by atoms with Gasteiger partial charge in [0.2, 0.25) is 0 Å². The van der Waals surface area contributed by atoms with Crippen LogP contribution >= 0.6 is 0 Å². The maximum Gasteiger partial charge on any atom is 0.356 e. The number of benzene rings is 1. The molecule has 0 radical (unpaired) electrons. The third-order valence-electron chi connectivity index (χ3n) is 2.93. The molecule has 1 N–H and O–H groups in total. The highest BCUT2D eigenvalue weighted by Gasteiger charge is 2.58. The molecule has 96 valence electrons. The van der Waals surface area contributed by atoms with Crippen molar-refractivity contribution >= 4 is 5.97 Å². The van der Waals surface area contributed by atoms with E-state index in [2.05, 4.69) is 4.74 Å². The Morgan fingerprint density at radius 1 is 1.50 bits per heavy atom. The molecule has 0 amide bonds. The Hall–Kier alpha value is -1.93. The van der Waals surface area contributed by atoms with Gasteiger partial charge in [0.1, 0.15) is 6.07 Å². The lowest BCUT2D eigenvalue weighted by molar-refractivity contribution is -0.173. The first-order chi connectivity index (χ1) is 8.46. The van der Waals surface area contributed by atoms with E-state index >= 15 is 0 Å². The second-order valence-electron chi connectivity index (χ2n) is 3.83. The van der Waals surface area contributed by atoms with Gasteiger partial charge in [-0.05, 0) is 12.0 Å². The quantitative estimate of drug-likeness (QED) is 0.653. The van der Waals surface area contributed by atoms with Crippen molar-refractivity contribution in [2.75, 3.05) is 7.11 Å². The number of esters is 1. The molecule has 18 heavy (non-hydrogen) atoms. The summed E-state index contributed by atoms with van der Waals surface area (Å²) in [6.07, 6.45) is -0.240. The molecular weight excluding hydrogens is 237 g/mol. The summed E-state index contributed by atoms with van der Waals surface area (Å²) in [5.74, 6) is -1.31. The van der Waals surface area contributed by atoms with E-state index in [1.807, 2.05) is 0 Å². The van der Waals surface area contributed by atoms with Crippen LogP contribution in [0.1, 0.15) is 18.9 Å². The van der Waals surface area contributed by atoms with Crippen molar-refractivity contribution in [3.63, 3.8) is 0 Å². The zero-order valence-electron chi connectivity index (χ0n) is 10.2. The fourth-order valence-electron chi connectivity index (χ4n) is 1.81. The number of aliphatic hydroxyl groups is 1. The Bertz CT molecular complexity index is 471. The number of nitrogens with zero attached hydrogens (tertiary/aromatic N) is 1. The second kappa shape index (κ2) is 5.15. The van der Waals surface area contributed by atoms with Crippen LogP contribution < -0.4 is 0 Å². The molecule has 0 saturated carbocycles. The number of alkyl halides is 1. The fraction of sp³-hybridized carbons (Fsp3) is 0.385. The standard InChI is InChI=1S/C13H14FNO3/c1-3-12(14,10-7-5-4-6-8-10)13(17,9-15)11(16)18-2/h4-8,17H,3H2,1-2H3. The molecule has 1 rings (SSSR count). The normalized spacial score (nSPS) is 17.1. The highest BCUT2D eigenvalue weighted by atomic mass is 19.1. The lowest BCUT2D eigenvalue weighted by atomic mass is 9.78. The summed E-state index contributed by atoms with van der Waals surface area (Å²) in [6, 6.07) is 8.95. The molecule has 0 aliphatic carbocycles. The molecule has 0 heterocycles. The predicted molar refractivity (Wildman–Crippen MR) is 62.1 cm³/mol. The van der Waals surface area contributed by atoms with Gasteiger partial charge in [-0.25, -0.2) is 9.18 Å². The Morgan fingerprint density at radius 2 is 2.06 bits per heavy atom. The molecule has 0 aliphatic heterocycles. The first-order valence-electron chi connectivity index (χ1n) is 5.42. The highest BCUT2D eigenvalue weighted by Crippen LogP contribution is 2.40. The monoisotopic (exact) mass is 251 g/mol. The number of ether oxygens (including phenoxy) is 1. The molecular formula is C13H14FNO3. The number of rotatable bonds is 4. The van der Waals surface area contributed by atoms with E-state index in [4.69, 9.17) is 5.26 Å². The Kier molecular flexibility index (Phi) is 4.04. The minimum Gasteiger partial charge on any atom is -0.466 e. The summed E-state index contributed by atoms with van der Waals surface area (Å²) in [5, 5.41) is 19.0. The lowest BCUT2D eigenvalue weighted by Crippen LogP contribution is -2.54. The van der Waals surface area contributed by atoms with E-state index in [0.717, 1.165) is 7.11 Å². The van der Waals surface area contributed by atoms with Crippen LogP contribution in [0.15, 0.2) is 30.3 Å². The fourth-order valence-corrected chi connectivity index (χ4v) is 1.81. The number of methoxy groups -OCH3 is 1. The summed E-state index contributed by atoms with van der Waals surface area (Å²) in [6.45, 7) is 1.44. The van der Waals surface area contributed by atoms with Crippen LogP contribution in [0, 0.1) is 11.3 Å². The van der Waals surface area contributed by atoms with Crippen LogP contribution in [-0.2, 0) is 15.2 Å². The van der Waals surface area contributed by atoms with Crippen molar-refractivity contribution in [3.8, 4) is 6.07 Å². The zero-order chi connectivity index (χ0) is 13.8. The van der Waals surface area contributed by atoms with E-state index in [-0.39, 0.29) is 12.0 Å². The molecule has 0 aliphatic rings. The van der Waals surface area contributed by atoms with Gasteiger partial charge in [-0.3, -0.25) is 0 Å². The van der Waals surface area contributed by atoms with Gasteiger partial charge in [0.05, 0.1) is 7.11 Å². The summed E-state index contributed by atoms with van der Waals surface area (Å²) in [5.41, 5.74) is -5.32. The maximum absolute atomic E-state index is 15.0. The van der Waals surface area contributed by atoms with Crippen molar-refractivity contribution in [3.05, 3.63) is 35.9 Å². The van der Waals surface area contributed by atoms with Crippen molar-refractivity contribution in [1.29, 1.82) is 5.26 Å². The van der Waals surface area contributed by atoms with Crippen LogP contribution in [0.2, 0.25) is 0 Å². The largest absolute Gasteiger partial charge is 0.466 e. The Morgan fingerprint density at radius 3 is 2.44 bits per heavy atom. The SMILES string of the molecule is CCC(F)(c1ccccc1)C(O)(C#N)C(=O)OC. The zero-order valence-corrected chi connectivity index (χ0v) is 10.2. The topological polar surface area (TPSA) is 70.3 Å². The third-order valence-corrected chi connectivity index (χ3v) is 2.93. The van der Waals surface area contributed by atoms with Gasteiger partial charge in [0.15, 0.2) is 5.67 Å². The average Bonchev–Trinajstić information content (AvgIpc) is 2.45. The molecule has 2 unspecified atom stereocenters. The van der Waals surface area contributed by atoms with Gasteiger partial charge in [-0.2, -0.15) is 5.26 Å². The first-order valence-corrected chi connectivity index (χ1v) is 5.42. The molecule has 0 aromatic heterocycles. The number of carbonyl (C=O) groups excluding carboxylic acids is 1. The lowest BCUT2D eigenvalue weighted by Gasteiger charge is -2.33. The van der Waals surface area contributed by atoms with Gasteiger partial charge >= 0.3 is 5.97 Å². The minimum absolute atomic E-state index is 0.0574. The van der Waals surface area contributed by atoms with Crippen LogP contribution in [0.25, 0.3) is 0 Å². The number of hydrogen-bond acceptors (Lipinski definition) is 4. The van der Waals surface area contributed by atoms with Crippen molar-refractivity contribution < 1.29 is 19.0 Å². The van der Waals surface area contributed by atoms with E-state index in [9.17, 15) is 14.3 Å². The van der Waals surface area contributed by atoms with Gasteiger partial charge in [-0.15, -0.1) is 0 Å². The van der Waals surface area contributed by atoms with Crippen molar-refractivity contribution in [2.24, 2.45) is 0 Å². The second-order valence-corrected chi connectivity index (χ2v) is 3.83. The molecule has 1 aromatic carbocycles. The van der Waals surface area contributed by atoms with E-state index in [1.54, 1.807) is 18.2 Å². The van der Waals surface area contributed by atoms with Crippen molar-refractivity contribution in [1.82, 2.24) is 0 Å². The molecule has 5 heteroatoms. The van der Waals surface area contributed by atoms with E-state index < -0.39 is 17.2 Å². The molecule has 0 fully saturated rings. The van der Waals surface area contributed by atoms with Gasteiger partial charge in [0.25, 0.3) is 5.60 Å². The summed E-state index contributed by atoms with van der Waals surface area (Å²) < 4.78 is 19.3. The van der Waals surface area contributed by atoms with Gasteiger partial charge in [-0.1, -0.05) is 37.3 Å². The first kappa shape index (κ1) is 14.1. The van der Waals surface area contributed by atoms with Crippen LogP contribution in [-0.4, -0.2) is 23.8 Å². The summed E-state index contributed by atoms with van der Waals surface area (Å²) in [4.78, 5) is 11.5. The summed E-state index contributed by atoms with van der Waals surface area (Å²) >= 11 is 0. The molecule has 1 aromatic rings. The summed E-state index contributed by atoms with van der Waals surface area (Å²) in [7, 11) is 0.992. The van der Waals surface area contributed by atoms with Crippen LogP contribution in [0.3, 0.4) is 0 Å². The minimum atomic E-state index is -2.86. The predicted octanol–water partition coefficient (Wildman–Crippen LogP) is 1.69. The van der Waals surface area contributed by atoms with Crippen LogP contribution in [0.4, 0.5) is 4.39 Å². The number of halogens is 1. The maximum atomic E-state index is 15.0.